The SMILES string of the molecule is CC(N)c1ccc(NC(=O)N2CCCC2(C)C)cc1. The number of carbonyl (C=O) groups excluding carboxylic acids is 1. The van der Waals surface area contributed by atoms with Gasteiger partial charge < -0.3 is 16.0 Å². The predicted octanol–water partition coefficient (Wildman–Crippen LogP) is 3.11. The van der Waals surface area contributed by atoms with Gasteiger partial charge in [-0.05, 0) is 51.3 Å². The minimum Gasteiger partial charge on any atom is -0.324 e. The number of likely N-dealkylation sites (tertiary alicyclic amines) is 1. The van der Waals surface area contributed by atoms with Crippen molar-refractivity contribution >= 4 is 11.7 Å². The number of anilines is 1. The molecule has 4 heteroatoms. The Kier molecular flexibility index (Phi) is 3.80. The Morgan fingerprint density at radius 2 is 2.00 bits per heavy atom. The van der Waals surface area contributed by atoms with Crippen LogP contribution < -0.4 is 11.1 Å². The number of hydrogen-bond acceptors (Lipinski definition) is 2. The Morgan fingerprint density at radius 1 is 1.37 bits per heavy atom. The van der Waals surface area contributed by atoms with Crippen molar-refractivity contribution in [3.63, 3.8) is 0 Å². The standard InChI is InChI=1S/C15H23N3O/c1-11(16)12-5-7-13(8-6-12)17-14(19)18-10-4-9-15(18,2)3/h5-8,11H,4,9-10,16H2,1-3H3,(H,17,19). The molecule has 0 saturated carbocycles. The Morgan fingerprint density at radius 3 is 2.47 bits per heavy atom. The van der Waals surface area contributed by atoms with Gasteiger partial charge in [0.05, 0.1) is 0 Å². The largest absolute Gasteiger partial charge is 0.324 e. The van der Waals surface area contributed by atoms with Gasteiger partial charge in [-0.25, -0.2) is 4.79 Å². The number of hydrogen-bond donors (Lipinski definition) is 2. The number of nitrogens with zero attached hydrogens (tertiary/aromatic N) is 1. The van der Waals surface area contributed by atoms with Gasteiger partial charge in [0.15, 0.2) is 0 Å². The molecule has 1 aliphatic heterocycles. The van der Waals surface area contributed by atoms with Gasteiger partial charge in [-0.2, -0.15) is 0 Å². The summed E-state index contributed by atoms with van der Waals surface area (Å²) in [6.45, 7) is 6.99. The summed E-state index contributed by atoms with van der Waals surface area (Å²) in [7, 11) is 0. The van der Waals surface area contributed by atoms with Crippen LogP contribution in [0.4, 0.5) is 10.5 Å². The van der Waals surface area contributed by atoms with E-state index in [1.165, 1.54) is 0 Å². The molecule has 2 amide bonds. The van der Waals surface area contributed by atoms with Gasteiger partial charge in [0.25, 0.3) is 0 Å². The first-order chi connectivity index (χ1) is 8.90. The van der Waals surface area contributed by atoms with E-state index in [2.05, 4.69) is 19.2 Å². The molecule has 2 rings (SSSR count). The second-order valence-corrected chi connectivity index (χ2v) is 5.91. The average molecular weight is 261 g/mol. The lowest BCUT2D eigenvalue weighted by Gasteiger charge is -2.31. The predicted molar refractivity (Wildman–Crippen MR) is 78.1 cm³/mol. The van der Waals surface area contributed by atoms with Crippen molar-refractivity contribution in [2.75, 3.05) is 11.9 Å². The van der Waals surface area contributed by atoms with Crippen molar-refractivity contribution in [3.05, 3.63) is 29.8 Å². The van der Waals surface area contributed by atoms with E-state index in [-0.39, 0.29) is 17.6 Å². The number of nitrogens with one attached hydrogen (secondary N) is 1. The summed E-state index contributed by atoms with van der Waals surface area (Å²) >= 11 is 0. The molecule has 1 aliphatic rings. The molecule has 0 aromatic heterocycles. The molecule has 1 fully saturated rings. The third-order valence-electron chi connectivity index (χ3n) is 3.83. The maximum atomic E-state index is 12.2. The summed E-state index contributed by atoms with van der Waals surface area (Å²) in [5.41, 5.74) is 7.64. The maximum absolute atomic E-state index is 12.2. The molecule has 104 valence electrons. The highest BCUT2D eigenvalue weighted by Gasteiger charge is 2.35. The first-order valence-corrected chi connectivity index (χ1v) is 6.84. The van der Waals surface area contributed by atoms with E-state index in [4.69, 9.17) is 5.73 Å². The highest BCUT2D eigenvalue weighted by atomic mass is 16.2. The van der Waals surface area contributed by atoms with E-state index >= 15 is 0 Å². The van der Waals surface area contributed by atoms with Crippen LogP contribution in [0.25, 0.3) is 0 Å². The van der Waals surface area contributed by atoms with E-state index < -0.39 is 0 Å². The lowest BCUT2D eigenvalue weighted by Crippen LogP contribution is -2.44. The molecule has 0 aliphatic carbocycles. The minimum absolute atomic E-state index is 0.0160. The molecular formula is C15H23N3O. The molecule has 4 nitrogen and oxygen atoms in total. The summed E-state index contributed by atoms with van der Waals surface area (Å²) in [5.74, 6) is 0. The van der Waals surface area contributed by atoms with Gasteiger partial charge in [-0.15, -0.1) is 0 Å². The fourth-order valence-electron chi connectivity index (χ4n) is 2.54. The van der Waals surface area contributed by atoms with Crippen LogP contribution >= 0.6 is 0 Å². The van der Waals surface area contributed by atoms with Crippen LogP contribution in [0.3, 0.4) is 0 Å². The van der Waals surface area contributed by atoms with Gasteiger partial charge in [-0.3, -0.25) is 0 Å². The minimum atomic E-state index is -0.0458. The van der Waals surface area contributed by atoms with Gasteiger partial charge in [0, 0.05) is 23.8 Å². The van der Waals surface area contributed by atoms with E-state index in [9.17, 15) is 4.79 Å². The van der Waals surface area contributed by atoms with Crippen molar-refractivity contribution in [1.82, 2.24) is 4.90 Å². The smallest absolute Gasteiger partial charge is 0.322 e. The first kappa shape index (κ1) is 13.9. The monoisotopic (exact) mass is 261 g/mol. The van der Waals surface area contributed by atoms with Crippen molar-refractivity contribution in [2.24, 2.45) is 5.73 Å². The number of urea groups is 1. The quantitative estimate of drug-likeness (QED) is 0.859. The van der Waals surface area contributed by atoms with Gasteiger partial charge >= 0.3 is 6.03 Å². The second-order valence-electron chi connectivity index (χ2n) is 5.91. The Bertz CT molecular complexity index is 451. The second kappa shape index (κ2) is 5.21. The molecule has 0 radical (unpaired) electrons. The van der Waals surface area contributed by atoms with Crippen LogP contribution in [0.2, 0.25) is 0 Å². The topological polar surface area (TPSA) is 58.4 Å². The first-order valence-electron chi connectivity index (χ1n) is 6.84. The molecule has 1 saturated heterocycles. The average Bonchev–Trinajstić information content (AvgIpc) is 2.69. The third kappa shape index (κ3) is 3.07. The van der Waals surface area contributed by atoms with Crippen LogP contribution in [-0.2, 0) is 0 Å². The highest BCUT2D eigenvalue weighted by molar-refractivity contribution is 5.90. The molecule has 1 aromatic carbocycles. The van der Waals surface area contributed by atoms with Gasteiger partial charge in [0.2, 0.25) is 0 Å². The number of nitrogens with two attached hydrogens (primary N) is 1. The van der Waals surface area contributed by atoms with E-state index in [1.807, 2.05) is 36.1 Å². The summed E-state index contributed by atoms with van der Waals surface area (Å²) in [6.07, 6.45) is 2.13. The third-order valence-corrected chi connectivity index (χ3v) is 3.83. The summed E-state index contributed by atoms with van der Waals surface area (Å²) in [5, 5.41) is 2.95. The molecule has 0 bridgehead atoms. The van der Waals surface area contributed by atoms with Crippen molar-refractivity contribution in [3.8, 4) is 0 Å². The molecule has 3 N–H and O–H groups in total. The normalized spacial score (nSPS) is 19.3. The number of amides is 2. The lowest BCUT2D eigenvalue weighted by molar-refractivity contribution is 0.178. The van der Waals surface area contributed by atoms with Crippen LogP contribution in [0.1, 0.15) is 45.2 Å². The van der Waals surface area contributed by atoms with Crippen LogP contribution in [-0.4, -0.2) is 23.0 Å². The summed E-state index contributed by atoms with van der Waals surface area (Å²) in [4.78, 5) is 14.1. The fraction of sp³-hybridized carbons (Fsp3) is 0.533. The zero-order valence-electron chi connectivity index (χ0n) is 11.9. The Balaban J connectivity index is 2.03. The number of carbonyl (C=O) groups is 1. The Hall–Kier alpha value is -1.55. The highest BCUT2D eigenvalue weighted by Crippen LogP contribution is 2.28. The molecule has 19 heavy (non-hydrogen) atoms. The molecule has 1 unspecified atom stereocenters. The molecule has 1 atom stereocenters. The van der Waals surface area contributed by atoms with Gasteiger partial charge in [-0.1, -0.05) is 12.1 Å². The summed E-state index contributed by atoms with van der Waals surface area (Å²) in [6, 6.07) is 7.71. The lowest BCUT2D eigenvalue weighted by atomic mass is 10.0. The molecule has 1 aromatic rings. The van der Waals surface area contributed by atoms with Crippen molar-refractivity contribution in [1.29, 1.82) is 0 Å². The van der Waals surface area contributed by atoms with E-state index in [0.717, 1.165) is 30.6 Å². The molecule has 1 heterocycles. The van der Waals surface area contributed by atoms with Crippen LogP contribution in [0.5, 0.6) is 0 Å². The van der Waals surface area contributed by atoms with Crippen LogP contribution in [0, 0.1) is 0 Å². The molecule has 0 spiro atoms. The number of benzene rings is 1. The summed E-state index contributed by atoms with van der Waals surface area (Å²) < 4.78 is 0. The maximum Gasteiger partial charge on any atom is 0.322 e. The van der Waals surface area contributed by atoms with E-state index in [0.29, 0.717) is 0 Å². The Labute approximate surface area is 115 Å². The van der Waals surface area contributed by atoms with Crippen molar-refractivity contribution < 1.29 is 4.79 Å². The van der Waals surface area contributed by atoms with Crippen molar-refractivity contribution in [2.45, 2.75) is 45.2 Å². The van der Waals surface area contributed by atoms with Crippen LogP contribution in [0.15, 0.2) is 24.3 Å². The zero-order chi connectivity index (χ0) is 14.0. The number of rotatable bonds is 2. The van der Waals surface area contributed by atoms with Gasteiger partial charge in [0.1, 0.15) is 0 Å². The zero-order valence-corrected chi connectivity index (χ0v) is 11.9. The fourth-order valence-corrected chi connectivity index (χ4v) is 2.54. The molecular weight excluding hydrogens is 238 g/mol. The van der Waals surface area contributed by atoms with E-state index in [1.54, 1.807) is 0 Å².